The number of phenols is 1. The summed E-state index contributed by atoms with van der Waals surface area (Å²) < 4.78 is 4.99. The smallest absolute Gasteiger partial charge is 0.336 e. The van der Waals surface area contributed by atoms with Gasteiger partial charge in [0.2, 0.25) is 0 Å². The maximum atomic E-state index is 11.1. The summed E-state index contributed by atoms with van der Waals surface area (Å²) in [5, 5.41) is 22.0. The van der Waals surface area contributed by atoms with Gasteiger partial charge in [-0.3, -0.25) is 0 Å². The summed E-state index contributed by atoms with van der Waals surface area (Å²) in [5.41, 5.74) is 2.58. The lowest BCUT2D eigenvalue weighted by Crippen LogP contribution is -2.05. The first-order valence-corrected chi connectivity index (χ1v) is 6.45. The molecule has 21 heavy (non-hydrogen) atoms. The summed E-state index contributed by atoms with van der Waals surface area (Å²) in [4.78, 5) is 11.1. The minimum atomic E-state index is -0.946. The number of anilines is 1. The number of ether oxygens (including phenoxy) is 1. The molecule has 3 N–H and O–H groups in total. The van der Waals surface area contributed by atoms with E-state index in [0.717, 1.165) is 11.3 Å². The third-order valence-corrected chi connectivity index (χ3v) is 3.29. The lowest BCUT2D eigenvalue weighted by atomic mass is 10.1. The number of hydrogen-bond acceptors (Lipinski definition) is 4. The molecule has 0 spiro atoms. The predicted molar refractivity (Wildman–Crippen MR) is 80.1 cm³/mol. The van der Waals surface area contributed by atoms with E-state index < -0.39 is 5.97 Å². The second-order valence-electron chi connectivity index (χ2n) is 4.64. The highest BCUT2D eigenvalue weighted by atomic mass is 16.5. The molecule has 0 aliphatic rings. The van der Waals surface area contributed by atoms with Crippen molar-refractivity contribution in [2.24, 2.45) is 0 Å². The van der Waals surface area contributed by atoms with Crippen LogP contribution in [0.2, 0.25) is 0 Å². The molecule has 0 amide bonds. The van der Waals surface area contributed by atoms with E-state index >= 15 is 0 Å². The van der Waals surface area contributed by atoms with Gasteiger partial charge in [0.05, 0.1) is 12.7 Å². The molecule has 0 aliphatic heterocycles. The van der Waals surface area contributed by atoms with E-state index in [4.69, 9.17) is 9.84 Å². The van der Waals surface area contributed by atoms with Gasteiger partial charge in [-0.2, -0.15) is 0 Å². The number of methoxy groups -OCH3 is 1. The lowest BCUT2D eigenvalue weighted by Gasteiger charge is -2.12. The molecule has 2 rings (SSSR count). The molecule has 5 nitrogen and oxygen atoms in total. The number of phenolic OH excluding ortho intramolecular Hbond substituents is 1. The number of carboxylic acids is 1. The quantitative estimate of drug-likeness (QED) is 0.787. The van der Waals surface area contributed by atoms with Crippen LogP contribution in [-0.4, -0.2) is 23.3 Å². The number of nitrogens with one attached hydrogen (secondary N) is 1. The van der Waals surface area contributed by atoms with Crippen LogP contribution in [0.3, 0.4) is 0 Å². The first-order chi connectivity index (χ1) is 10.0. The lowest BCUT2D eigenvalue weighted by molar-refractivity contribution is 0.0696. The number of carboxylic acid groups (broad SMARTS) is 1. The Balaban J connectivity index is 2.15. The molecule has 0 fully saturated rings. The van der Waals surface area contributed by atoms with Crippen LogP contribution in [0, 0.1) is 6.92 Å². The Morgan fingerprint density at radius 3 is 2.67 bits per heavy atom. The van der Waals surface area contributed by atoms with Crippen molar-refractivity contribution >= 4 is 11.7 Å². The third kappa shape index (κ3) is 3.25. The zero-order chi connectivity index (χ0) is 15.4. The molecule has 0 radical (unpaired) electrons. The van der Waals surface area contributed by atoms with Gasteiger partial charge in [-0.05, 0) is 42.3 Å². The van der Waals surface area contributed by atoms with Crippen molar-refractivity contribution in [1.82, 2.24) is 0 Å². The van der Waals surface area contributed by atoms with Gasteiger partial charge in [0.1, 0.15) is 0 Å². The monoisotopic (exact) mass is 287 g/mol. The zero-order valence-electron chi connectivity index (χ0n) is 11.9. The molecule has 0 unspecified atom stereocenters. The fraction of sp³-hybridized carbons (Fsp3) is 0.188. The zero-order valence-corrected chi connectivity index (χ0v) is 11.9. The van der Waals surface area contributed by atoms with Crippen LogP contribution in [0.5, 0.6) is 11.5 Å². The number of aromatic hydroxyl groups is 1. The van der Waals surface area contributed by atoms with Crippen molar-refractivity contribution in [2.45, 2.75) is 13.5 Å². The van der Waals surface area contributed by atoms with Crippen molar-refractivity contribution in [1.29, 1.82) is 0 Å². The second-order valence-corrected chi connectivity index (χ2v) is 4.64. The third-order valence-electron chi connectivity index (χ3n) is 3.29. The average molecular weight is 287 g/mol. The molecule has 0 saturated carbocycles. The Bertz CT molecular complexity index is 667. The highest BCUT2D eigenvalue weighted by Crippen LogP contribution is 2.27. The van der Waals surface area contributed by atoms with Gasteiger partial charge in [-0.15, -0.1) is 0 Å². The number of hydrogen-bond donors (Lipinski definition) is 3. The van der Waals surface area contributed by atoms with Gasteiger partial charge < -0.3 is 20.3 Å². The Morgan fingerprint density at radius 1 is 1.29 bits per heavy atom. The van der Waals surface area contributed by atoms with E-state index in [1.54, 1.807) is 31.2 Å². The van der Waals surface area contributed by atoms with Crippen LogP contribution in [0.1, 0.15) is 21.5 Å². The maximum Gasteiger partial charge on any atom is 0.336 e. The first-order valence-electron chi connectivity index (χ1n) is 6.45. The van der Waals surface area contributed by atoms with Gasteiger partial charge in [-0.1, -0.05) is 12.1 Å². The van der Waals surface area contributed by atoms with Gasteiger partial charge in [0, 0.05) is 12.2 Å². The SMILES string of the molecule is COc1ccc(CNc2cccc(C(=O)O)c2C)cc1O. The molecular formula is C16H17NO4. The molecule has 5 heteroatoms. The van der Waals surface area contributed by atoms with Crippen LogP contribution in [0.15, 0.2) is 36.4 Å². The van der Waals surface area contributed by atoms with Gasteiger partial charge in [0.25, 0.3) is 0 Å². The van der Waals surface area contributed by atoms with Gasteiger partial charge in [-0.25, -0.2) is 4.79 Å². The summed E-state index contributed by atoms with van der Waals surface area (Å²) in [6.45, 7) is 2.23. The molecule has 0 bridgehead atoms. The molecule has 0 saturated heterocycles. The van der Waals surface area contributed by atoms with Crippen molar-refractivity contribution < 1.29 is 19.7 Å². The molecule has 0 aliphatic carbocycles. The Morgan fingerprint density at radius 2 is 2.05 bits per heavy atom. The minimum Gasteiger partial charge on any atom is -0.504 e. The van der Waals surface area contributed by atoms with Crippen molar-refractivity contribution in [2.75, 3.05) is 12.4 Å². The molecule has 110 valence electrons. The van der Waals surface area contributed by atoms with Crippen LogP contribution in [0.25, 0.3) is 0 Å². The highest BCUT2D eigenvalue weighted by Gasteiger charge is 2.10. The van der Waals surface area contributed by atoms with Crippen molar-refractivity contribution in [3.05, 3.63) is 53.1 Å². The second kappa shape index (κ2) is 6.17. The normalized spacial score (nSPS) is 10.2. The molecule has 2 aromatic rings. The summed E-state index contributed by atoms with van der Waals surface area (Å²) in [6, 6.07) is 10.2. The summed E-state index contributed by atoms with van der Waals surface area (Å²) in [5.74, 6) is -0.450. The van der Waals surface area contributed by atoms with Crippen LogP contribution in [-0.2, 0) is 6.54 Å². The fourth-order valence-corrected chi connectivity index (χ4v) is 2.10. The number of rotatable bonds is 5. The van der Waals surface area contributed by atoms with Crippen molar-refractivity contribution in [3.63, 3.8) is 0 Å². The minimum absolute atomic E-state index is 0.0767. The molecular weight excluding hydrogens is 270 g/mol. The molecule has 0 atom stereocenters. The van der Waals surface area contributed by atoms with Gasteiger partial charge in [0.15, 0.2) is 11.5 Å². The van der Waals surface area contributed by atoms with Crippen molar-refractivity contribution in [3.8, 4) is 11.5 Å². The Hall–Kier alpha value is -2.69. The van der Waals surface area contributed by atoms with Gasteiger partial charge >= 0.3 is 5.97 Å². The number of carbonyl (C=O) groups is 1. The number of benzene rings is 2. The first kappa shape index (κ1) is 14.7. The molecule has 0 aromatic heterocycles. The average Bonchev–Trinajstić information content (AvgIpc) is 2.46. The summed E-state index contributed by atoms with van der Waals surface area (Å²) >= 11 is 0. The number of aromatic carboxylic acids is 1. The highest BCUT2D eigenvalue weighted by molar-refractivity contribution is 5.91. The Labute approximate surface area is 122 Å². The van der Waals surface area contributed by atoms with E-state index in [1.165, 1.54) is 7.11 Å². The largest absolute Gasteiger partial charge is 0.504 e. The molecule has 0 heterocycles. The van der Waals surface area contributed by atoms with E-state index in [1.807, 2.05) is 12.1 Å². The van der Waals surface area contributed by atoms with E-state index in [2.05, 4.69) is 5.32 Å². The van der Waals surface area contributed by atoms with E-state index in [0.29, 0.717) is 17.9 Å². The van der Waals surface area contributed by atoms with Crippen LogP contribution in [0.4, 0.5) is 5.69 Å². The standard InChI is InChI=1S/C16H17NO4/c1-10-12(16(19)20)4-3-5-13(10)17-9-11-6-7-15(21-2)14(18)8-11/h3-8,17-18H,9H2,1-2H3,(H,19,20). The fourth-order valence-electron chi connectivity index (χ4n) is 2.10. The predicted octanol–water partition coefficient (Wildman–Crippen LogP) is 3.02. The van der Waals surface area contributed by atoms with Crippen LogP contribution >= 0.6 is 0 Å². The Kier molecular flexibility index (Phi) is 4.33. The summed E-state index contributed by atoms with van der Waals surface area (Å²) in [6.07, 6.45) is 0. The topological polar surface area (TPSA) is 78.8 Å². The van der Waals surface area contributed by atoms with Crippen LogP contribution < -0.4 is 10.1 Å². The van der Waals surface area contributed by atoms with E-state index in [-0.39, 0.29) is 11.3 Å². The van der Waals surface area contributed by atoms with E-state index in [9.17, 15) is 9.90 Å². The molecule has 2 aromatic carbocycles. The maximum absolute atomic E-state index is 11.1. The summed E-state index contributed by atoms with van der Waals surface area (Å²) in [7, 11) is 1.49.